The molecule has 0 unspecified atom stereocenters. The fourth-order valence-corrected chi connectivity index (χ4v) is 3.39. The summed E-state index contributed by atoms with van der Waals surface area (Å²) in [5, 5.41) is 8.80. The van der Waals surface area contributed by atoms with Crippen molar-refractivity contribution >= 4 is 25.9 Å². The van der Waals surface area contributed by atoms with E-state index in [1.54, 1.807) is 12.1 Å². The molecule has 1 aromatic carbocycles. The minimum atomic E-state index is -4.08. The number of aryl methyl sites for hydroxylation is 2. The maximum absolute atomic E-state index is 12.2. The second-order valence-electron chi connectivity index (χ2n) is 4.48. The van der Waals surface area contributed by atoms with E-state index in [0.29, 0.717) is 0 Å². The molecule has 0 saturated carbocycles. The zero-order valence-electron chi connectivity index (χ0n) is 11.3. The Labute approximate surface area is 122 Å². The van der Waals surface area contributed by atoms with Crippen LogP contribution in [0.15, 0.2) is 40.3 Å². The lowest BCUT2D eigenvalue weighted by Crippen LogP contribution is -2.18. The molecule has 2 rings (SSSR count). The van der Waals surface area contributed by atoms with Crippen LogP contribution in [0.5, 0.6) is 0 Å². The smallest absolute Gasteiger partial charge is 0.263 e. The largest absolute Gasteiger partial charge is 0.272 e. The molecular formula is C11H14N4O4S2. The van der Waals surface area contributed by atoms with Crippen molar-refractivity contribution in [1.29, 1.82) is 0 Å². The second-order valence-corrected chi connectivity index (χ2v) is 7.69. The highest BCUT2D eigenvalue weighted by Gasteiger charge is 2.23. The van der Waals surface area contributed by atoms with Gasteiger partial charge in [0.25, 0.3) is 10.0 Å². The molecule has 1 aromatic heterocycles. The minimum Gasteiger partial charge on any atom is -0.272 e. The Balaban J connectivity index is 2.44. The molecule has 10 heteroatoms. The van der Waals surface area contributed by atoms with Gasteiger partial charge in [-0.05, 0) is 19.1 Å². The van der Waals surface area contributed by atoms with E-state index in [9.17, 15) is 16.8 Å². The Bertz CT molecular complexity index is 867. The number of anilines is 1. The summed E-state index contributed by atoms with van der Waals surface area (Å²) in [5.74, 6) is -0.333. The zero-order valence-corrected chi connectivity index (χ0v) is 12.9. The minimum absolute atomic E-state index is 0.000813. The van der Waals surface area contributed by atoms with Crippen molar-refractivity contribution in [2.75, 3.05) is 4.72 Å². The van der Waals surface area contributed by atoms with Crippen LogP contribution in [0.3, 0.4) is 0 Å². The van der Waals surface area contributed by atoms with Gasteiger partial charge >= 0.3 is 0 Å². The molecule has 0 saturated heterocycles. The number of nitrogens with zero attached hydrogens (tertiary/aromatic N) is 2. The first-order valence-corrected chi connectivity index (χ1v) is 8.78. The Morgan fingerprint density at radius 2 is 1.71 bits per heavy atom. The summed E-state index contributed by atoms with van der Waals surface area (Å²) >= 11 is 0. The predicted octanol–water partition coefficient (Wildman–Crippen LogP) is 0.177. The molecule has 0 aliphatic heterocycles. The predicted molar refractivity (Wildman–Crippen MR) is 76.6 cm³/mol. The number of nitrogens with one attached hydrogen (secondary N) is 1. The molecule has 0 radical (unpaired) electrons. The summed E-state index contributed by atoms with van der Waals surface area (Å²) < 4.78 is 50.5. The second kappa shape index (κ2) is 5.13. The number of nitrogens with two attached hydrogens (primary N) is 1. The van der Waals surface area contributed by atoms with Crippen molar-refractivity contribution in [3.63, 3.8) is 0 Å². The van der Waals surface area contributed by atoms with Gasteiger partial charge in [-0.1, -0.05) is 17.7 Å². The van der Waals surface area contributed by atoms with Crippen molar-refractivity contribution in [2.45, 2.75) is 16.7 Å². The SMILES string of the molecule is Cc1ccc(S(=O)(=O)Nc2nn(C)cc2S(N)(=O)=O)cc1. The zero-order chi connectivity index (χ0) is 15.8. The summed E-state index contributed by atoms with van der Waals surface area (Å²) in [7, 11) is -6.57. The van der Waals surface area contributed by atoms with Crippen molar-refractivity contribution in [3.05, 3.63) is 36.0 Å². The lowest BCUT2D eigenvalue weighted by atomic mass is 10.2. The number of hydrogen-bond acceptors (Lipinski definition) is 5. The van der Waals surface area contributed by atoms with Gasteiger partial charge in [0.2, 0.25) is 10.0 Å². The van der Waals surface area contributed by atoms with Gasteiger partial charge in [-0.25, -0.2) is 22.0 Å². The number of rotatable bonds is 4. The van der Waals surface area contributed by atoms with Crippen molar-refractivity contribution in [1.82, 2.24) is 9.78 Å². The molecule has 0 spiro atoms. The first kappa shape index (κ1) is 15.5. The van der Waals surface area contributed by atoms with E-state index < -0.39 is 20.0 Å². The number of sulfonamides is 2. The van der Waals surface area contributed by atoms with Crippen LogP contribution < -0.4 is 9.86 Å². The number of primary sulfonamides is 1. The Hall–Kier alpha value is -1.91. The normalized spacial score (nSPS) is 12.3. The first-order chi connectivity index (χ1) is 9.59. The van der Waals surface area contributed by atoms with Gasteiger partial charge in [-0.3, -0.25) is 9.40 Å². The molecule has 0 aliphatic carbocycles. The lowest BCUT2D eigenvalue weighted by Gasteiger charge is -2.07. The van der Waals surface area contributed by atoms with E-state index >= 15 is 0 Å². The van der Waals surface area contributed by atoms with Crippen LogP contribution in [0.4, 0.5) is 5.82 Å². The van der Waals surface area contributed by atoms with Crippen LogP contribution in [0, 0.1) is 6.92 Å². The highest BCUT2D eigenvalue weighted by Crippen LogP contribution is 2.21. The molecule has 0 fully saturated rings. The molecule has 2 aromatic rings. The number of benzene rings is 1. The van der Waals surface area contributed by atoms with Crippen LogP contribution in [-0.4, -0.2) is 26.6 Å². The van der Waals surface area contributed by atoms with E-state index in [2.05, 4.69) is 9.82 Å². The van der Waals surface area contributed by atoms with E-state index in [4.69, 9.17) is 5.14 Å². The third kappa shape index (κ3) is 3.40. The van der Waals surface area contributed by atoms with Gasteiger partial charge in [0, 0.05) is 13.2 Å². The Kier molecular flexibility index (Phi) is 3.78. The molecule has 3 N–H and O–H groups in total. The van der Waals surface area contributed by atoms with Crippen LogP contribution in [0.1, 0.15) is 5.56 Å². The average Bonchev–Trinajstić information content (AvgIpc) is 2.69. The van der Waals surface area contributed by atoms with Crippen LogP contribution >= 0.6 is 0 Å². The molecule has 8 nitrogen and oxygen atoms in total. The summed E-state index contributed by atoms with van der Waals surface area (Å²) in [6.07, 6.45) is 1.13. The van der Waals surface area contributed by atoms with Gasteiger partial charge in [0.05, 0.1) is 4.90 Å². The standard InChI is InChI=1S/C11H14N4O4S2/c1-8-3-5-9(6-4-8)21(18,19)14-11-10(20(12,16)17)7-15(2)13-11/h3-7H,1-2H3,(H,13,14)(H2,12,16,17). The fourth-order valence-electron chi connectivity index (χ4n) is 1.65. The van der Waals surface area contributed by atoms with E-state index in [1.165, 1.54) is 19.2 Å². The summed E-state index contributed by atoms with van der Waals surface area (Å²) in [6.45, 7) is 1.82. The Morgan fingerprint density at radius 3 is 2.24 bits per heavy atom. The summed E-state index contributed by atoms with van der Waals surface area (Å²) in [5.41, 5.74) is 0.900. The molecule has 0 bridgehead atoms. The summed E-state index contributed by atoms with van der Waals surface area (Å²) in [4.78, 5) is -0.389. The molecule has 0 atom stereocenters. The van der Waals surface area contributed by atoms with E-state index in [-0.39, 0.29) is 15.6 Å². The van der Waals surface area contributed by atoms with Gasteiger partial charge in [-0.2, -0.15) is 5.10 Å². The van der Waals surface area contributed by atoms with E-state index in [0.717, 1.165) is 16.4 Å². The summed E-state index contributed by atoms with van der Waals surface area (Å²) in [6, 6.07) is 6.09. The average molecular weight is 330 g/mol. The lowest BCUT2D eigenvalue weighted by molar-refractivity contribution is 0.598. The van der Waals surface area contributed by atoms with Crippen LogP contribution in [0.25, 0.3) is 0 Å². The number of hydrogen-bond donors (Lipinski definition) is 2. The first-order valence-electron chi connectivity index (χ1n) is 5.75. The third-order valence-corrected chi connectivity index (χ3v) is 4.93. The van der Waals surface area contributed by atoms with Crippen molar-refractivity contribution in [2.24, 2.45) is 12.2 Å². The maximum Gasteiger partial charge on any atom is 0.263 e. The molecule has 21 heavy (non-hydrogen) atoms. The molecular weight excluding hydrogens is 316 g/mol. The Morgan fingerprint density at radius 1 is 1.14 bits per heavy atom. The topological polar surface area (TPSA) is 124 Å². The highest BCUT2D eigenvalue weighted by atomic mass is 32.2. The highest BCUT2D eigenvalue weighted by molar-refractivity contribution is 7.93. The molecule has 1 heterocycles. The number of aromatic nitrogens is 2. The van der Waals surface area contributed by atoms with Gasteiger partial charge < -0.3 is 0 Å². The quantitative estimate of drug-likeness (QED) is 0.827. The van der Waals surface area contributed by atoms with Gasteiger partial charge in [0.1, 0.15) is 4.90 Å². The van der Waals surface area contributed by atoms with Gasteiger partial charge in [-0.15, -0.1) is 0 Å². The third-order valence-electron chi connectivity index (χ3n) is 2.66. The van der Waals surface area contributed by atoms with Crippen molar-refractivity contribution in [3.8, 4) is 0 Å². The molecule has 0 amide bonds. The monoisotopic (exact) mass is 330 g/mol. The maximum atomic E-state index is 12.2. The van der Waals surface area contributed by atoms with Gasteiger partial charge in [0.15, 0.2) is 5.82 Å². The fraction of sp³-hybridized carbons (Fsp3) is 0.182. The molecule has 0 aliphatic rings. The molecule has 114 valence electrons. The van der Waals surface area contributed by atoms with Crippen LogP contribution in [-0.2, 0) is 27.1 Å². The van der Waals surface area contributed by atoms with E-state index in [1.807, 2.05) is 6.92 Å². The van der Waals surface area contributed by atoms with Crippen molar-refractivity contribution < 1.29 is 16.8 Å². The van der Waals surface area contributed by atoms with Crippen LogP contribution in [0.2, 0.25) is 0 Å².